The van der Waals surface area contributed by atoms with Gasteiger partial charge in [-0.2, -0.15) is 0 Å². The Balaban J connectivity index is 1.46. The fourth-order valence-electron chi connectivity index (χ4n) is 4.84. The third kappa shape index (κ3) is 4.61. The number of likely N-dealkylation sites (tertiary alicyclic amines) is 3. The number of hydrogen-bond acceptors (Lipinski definition) is 3. The molecule has 7 nitrogen and oxygen atoms in total. The van der Waals surface area contributed by atoms with Crippen molar-refractivity contribution >= 4 is 17.8 Å². The summed E-state index contributed by atoms with van der Waals surface area (Å²) >= 11 is 0. The Bertz CT molecular complexity index is 598. The first kappa shape index (κ1) is 20.9. The van der Waals surface area contributed by atoms with E-state index >= 15 is 0 Å². The number of rotatable bonds is 4. The molecule has 0 aromatic carbocycles. The van der Waals surface area contributed by atoms with Gasteiger partial charge in [-0.25, -0.2) is 4.79 Å². The van der Waals surface area contributed by atoms with Crippen molar-refractivity contribution in [3.05, 3.63) is 0 Å². The lowest BCUT2D eigenvalue weighted by molar-refractivity contribution is -0.142. The van der Waals surface area contributed by atoms with Crippen LogP contribution in [0.25, 0.3) is 0 Å². The van der Waals surface area contributed by atoms with Crippen molar-refractivity contribution in [3.8, 4) is 0 Å². The van der Waals surface area contributed by atoms with Crippen molar-refractivity contribution in [2.75, 3.05) is 46.3 Å². The van der Waals surface area contributed by atoms with Crippen LogP contribution in [0.4, 0.5) is 4.79 Å². The molecule has 4 amide bonds. The maximum absolute atomic E-state index is 12.8. The van der Waals surface area contributed by atoms with Gasteiger partial charge < -0.3 is 20.0 Å². The summed E-state index contributed by atoms with van der Waals surface area (Å²) in [5, 5.41) is 2.98. The third-order valence-corrected chi connectivity index (χ3v) is 6.73. The van der Waals surface area contributed by atoms with Crippen LogP contribution < -0.4 is 5.32 Å². The van der Waals surface area contributed by atoms with Crippen LogP contribution in [-0.4, -0.2) is 78.9 Å². The minimum absolute atomic E-state index is 0.00497. The summed E-state index contributed by atoms with van der Waals surface area (Å²) < 4.78 is 0. The molecule has 1 spiro atoms. The molecule has 3 heterocycles. The molecule has 28 heavy (non-hydrogen) atoms. The van der Waals surface area contributed by atoms with Crippen molar-refractivity contribution in [3.63, 3.8) is 0 Å². The van der Waals surface area contributed by atoms with Gasteiger partial charge in [0.05, 0.1) is 5.41 Å². The molecule has 0 saturated carbocycles. The van der Waals surface area contributed by atoms with Gasteiger partial charge in [0.15, 0.2) is 0 Å². The van der Waals surface area contributed by atoms with Gasteiger partial charge in [-0.05, 0) is 43.9 Å². The second kappa shape index (κ2) is 8.70. The highest BCUT2D eigenvalue weighted by Gasteiger charge is 2.47. The van der Waals surface area contributed by atoms with Gasteiger partial charge in [0.2, 0.25) is 11.8 Å². The van der Waals surface area contributed by atoms with E-state index in [-0.39, 0.29) is 29.2 Å². The van der Waals surface area contributed by atoms with Crippen LogP contribution in [0.1, 0.15) is 52.4 Å². The number of carbonyl (C=O) groups is 3. The zero-order valence-corrected chi connectivity index (χ0v) is 17.7. The molecule has 0 aliphatic carbocycles. The van der Waals surface area contributed by atoms with Gasteiger partial charge in [0.1, 0.15) is 0 Å². The quantitative estimate of drug-likeness (QED) is 0.794. The molecule has 0 aromatic heterocycles. The van der Waals surface area contributed by atoms with Crippen LogP contribution in [-0.2, 0) is 9.59 Å². The number of carbonyl (C=O) groups excluding carboxylic acids is 3. The average molecular weight is 393 g/mol. The molecular weight excluding hydrogens is 356 g/mol. The summed E-state index contributed by atoms with van der Waals surface area (Å²) in [6.45, 7) is 8.49. The topological polar surface area (TPSA) is 73.0 Å². The Morgan fingerprint density at radius 2 is 1.79 bits per heavy atom. The van der Waals surface area contributed by atoms with Gasteiger partial charge in [-0.15, -0.1) is 0 Å². The smallest absolute Gasteiger partial charge is 0.317 e. The highest BCUT2D eigenvalue weighted by atomic mass is 16.2. The number of nitrogens with zero attached hydrogens (tertiary/aromatic N) is 3. The molecule has 3 aliphatic rings. The van der Waals surface area contributed by atoms with E-state index in [1.54, 1.807) is 0 Å². The molecule has 1 atom stereocenters. The van der Waals surface area contributed by atoms with E-state index < -0.39 is 0 Å². The summed E-state index contributed by atoms with van der Waals surface area (Å²) in [7, 11) is 1.88. The summed E-state index contributed by atoms with van der Waals surface area (Å²) in [5.74, 6) is 1.11. The van der Waals surface area contributed by atoms with E-state index in [0.717, 1.165) is 45.2 Å². The van der Waals surface area contributed by atoms with Gasteiger partial charge in [0.25, 0.3) is 0 Å². The number of amides is 4. The zero-order valence-electron chi connectivity index (χ0n) is 17.7. The monoisotopic (exact) mass is 392 g/mol. The second-order valence-corrected chi connectivity index (χ2v) is 9.38. The molecule has 158 valence electrons. The molecule has 0 radical (unpaired) electrons. The van der Waals surface area contributed by atoms with E-state index in [1.807, 2.05) is 21.7 Å². The van der Waals surface area contributed by atoms with Crippen molar-refractivity contribution in [2.24, 2.45) is 17.3 Å². The number of piperidine rings is 2. The highest BCUT2D eigenvalue weighted by molar-refractivity contribution is 5.85. The number of nitrogens with one attached hydrogen (secondary N) is 1. The average Bonchev–Trinajstić information content (AvgIpc) is 2.95. The Kier molecular flexibility index (Phi) is 6.50. The molecule has 0 bridgehead atoms. The van der Waals surface area contributed by atoms with Gasteiger partial charge in [0, 0.05) is 52.7 Å². The number of urea groups is 1. The summed E-state index contributed by atoms with van der Waals surface area (Å²) in [5.41, 5.74) is -0.221. The summed E-state index contributed by atoms with van der Waals surface area (Å²) in [6, 6.07) is -0.00497. The van der Waals surface area contributed by atoms with Crippen LogP contribution in [0.3, 0.4) is 0 Å². The van der Waals surface area contributed by atoms with Crippen molar-refractivity contribution in [2.45, 2.75) is 52.4 Å². The molecular formula is C21H36N4O3. The van der Waals surface area contributed by atoms with Crippen LogP contribution >= 0.6 is 0 Å². The zero-order chi connectivity index (χ0) is 20.3. The fourth-order valence-corrected chi connectivity index (χ4v) is 4.84. The van der Waals surface area contributed by atoms with Crippen molar-refractivity contribution in [1.29, 1.82) is 0 Å². The van der Waals surface area contributed by atoms with Crippen LogP contribution in [0.2, 0.25) is 0 Å². The van der Waals surface area contributed by atoms with E-state index in [2.05, 4.69) is 19.2 Å². The molecule has 3 fully saturated rings. The molecule has 3 saturated heterocycles. The minimum Gasteiger partial charge on any atom is -0.345 e. The summed E-state index contributed by atoms with van der Waals surface area (Å²) in [6.07, 6.45) is 4.96. The Morgan fingerprint density at radius 1 is 1.11 bits per heavy atom. The largest absolute Gasteiger partial charge is 0.345 e. The SMILES string of the molecule is CC(C)CNC(=O)N1CCCC(CC(=O)N2CCC3(CCN(C)C3=O)CC2)C1. The minimum atomic E-state index is -0.221. The normalized spacial score (nSPS) is 24.9. The lowest BCUT2D eigenvalue weighted by Crippen LogP contribution is -2.49. The predicted molar refractivity (Wildman–Crippen MR) is 108 cm³/mol. The van der Waals surface area contributed by atoms with E-state index in [4.69, 9.17) is 0 Å². The summed E-state index contributed by atoms with van der Waals surface area (Å²) in [4.78, 5) is 43.2. The fraction of sp³-hybridized carbons (Fsp3) is 0.857. The maximum Gasteiger partial charge on any atom is 0.317 e. The van der Waals surface area contributed by atoms with E-state index in [1.165, 1.54) is 0 Å². The third-order valence-electron chi connectivity index (χ3n) is 6.73. The lowest BCUT2D eigenvalue weighted by atomic mass is 9.77. The molecule has 1 N–H and O–H groups in total. The number of hydrogen-bond donors (Lipinski definition) is 1. The van der Waals surface area contributed by atoms with Crippen molar-refractivity contribution < 1.29 is 14.4 Å². The first-order valence-electron chi connectivity index (χ1n) is 10.9. The second-order valence-electron chi connectivity index (χ2n) is 9.38. The Hall–Kier alpha value is -1.79. The first-order valence-corrected chi connectivity index (χ1v) is 10.9. The Morgan fingerprint density at radius 3 is 2.39 bits per heavy atom. The standard InChI is InChI=1S/C21H36N4O3/c1-16(2)14-22-20(28)25-9-4-5-17(15-25)13-18(26)24-11-7-21(8-12-24)6-10-23(3)19(21)27/h16-17H,4-15H2,1-3H3,(H,22,28). The Labute approximate surface area is 168 Å². The van der Waals surface area contributed by atoms with E-state index in [9.17, 15) is 14.4 Å². The van der Waals surface area contributed by atoms with Gasteiger partial charge in [-0.3, -0.25) is 9.59 Å². The first-order chi connectivity index (χ1) is 13.3. The molecule has 3 aliphatic heterocycles. The molecule has 1 unspecified atom stereocenters. The van der Waals surface area contributed by atoms with Gasteiger partial charge >= 0.3 is 6.03 Å². The predicted octanol–water partition coefficient (Wildman–Crippen LogP) is 1.93. The van der Waals surface area contributed by atoms with E-state index in [0.29, 0.717) is 38.5 Å². The van der Waals surface area contributed by atoms with Crippen LogP contribution in [0.5, 0.6) is 0 Å². The van der Waals surface area contributed by atoms with Crippen molar-refractivity contribution in [1.82, 2.24) is 20.0 Å². The van der Waals surface area contributed by atoms with Crippen LogP contribution in [0, 0.1) is 17.3 Å². The maximum atomic E-state index is 12.8. The van der Waals surface area contributed by atoms with Crippen LogP contribution in [0.15, 0.2) is 0 Å². The molecule has 3 rings (SSSR count). The molecule has 0 aromatic rings. The van der Waals surface area contributed by atoms with Gasteiger partial charge in [-0.1, -0.05) is 13.8 Å². The molecule has 7 heteroatoms. The lowest BCUT2D eigenvalue weighted by Gasteiger charge is -2.39. The highest BCUT2D eigenvalue weighted by Crippen LogP contribution is 2.41.